The summed E-state index contributed by atoms with van der Waals surface area (Å²) < 4.78 is 16.4. The number of hydrogen-bond donors (Lipinski definition) is 2. The van der Waals surface area contributed by atoms with Crippen LogP contribution < -0.4 is 19.5 Å². The lowest BCUT2D eigenvalue weighted by molar-refractivity contribution is -0.124. The largest absolute Gasteiger partial charge is 0.491 e. The number of piperidine rings is 1. The molecule has 0 spiro atoms. The molecule has 1 saturated heterocycles. The van der Waals surface area contributed by atoms with Crippen LogP contribution in [0.1, 0.15) is 24.0 Å². The predicted molar refractivity (Wildman–Crippen MR) is 112 cm³/mol. The minimum atomic E-state index is -0.857. The molecule has 2 aliphatic heterocycles. The number of nitrogens with zero attached hydrogens (tertiary/aromatic N) is 1. The number of carbonyl (C=O) groups excluding carboxylic acids is 1. The number of aliphatic hydroxyl groups is 1. The van der Waals surface area contributed by atoms with E-state index in [4.69, 9.17) is 14.2 Å². The van der Waals surface area contributed by atoms with E-state index in [2.05, 4.69) is 10.2 Å². The second-order valence-corrected chi connectivity index (χ2v) is 8.07. The first-order valence-corrected chi connectivity index (χ1v) is 10.3. The molecule has 0 unspecified atom stereocenters. The van der Waals surface area contributed by atoms with Gasteiger partial charge in [-0.15, -0.1) is 0 Å². The Labute approximate surface area is 176 Å². The number of carbonyl (C=O) groups is 1. The van der Waals surface area contributed by atoms with E-state index in [0.717, 1.165) is 17.1 Å². The molecular weight excluding hydrogens is 384 g/mol. The summed E-state index contributed by atoms with van der Waals surface area (Å²) in [6.45, 7) is 4.61. The number of nitrogens with one attached hydrogen (secondary N) is 1. The molecule has 0 radical (unpaired) electrons. The number of benzene rings is 2. The van der Waals surface area contributed by atoms with Gasteiger partial charge >= 0.3 is 0 Å². The summed E-state index contributed by atoms with van der Waals surface area (Å²) in [7, 11) is 0. The number of ether oxygens (including phenoxy) is 3. The number of rotatable bonds is 7. The van der Waals surface area contributed by atoms with Crippen LogP contribution in [-0.2, 0) is 11.3 Å². The van der Waals surface area contributed by atoms with Gasteiger partial charge in [0, 0.05) is 19.6 Å². The van der Waals surface area contributed by atoms with Gasteiger partial charge in [-0.2, -0.15) is 0 Å². The Bertz CT molecular complexity index is 876. The molecule has 0 aromatic heterocycles. The lowest BCUT2D eigenvalue weighted by atomic mass is 9.92. The van der Waals surface area contributed by atoms with Crippen molar-refractivity contribution < 1.29 is 24.1 Å². The summed E-state index contributed by atoms with van der Waals surface area (Å²) in [6.07, 6.45) is 1.16. The number of hydrogen-bond acceptors (Lipinski definition) is 6. The first kappa shape index (κ1) is 20.5. The Kier molecular flexibility index (Phi) is 6.11. The number of fused-ring (bicyclic) bond motifs is 1. The fourth-order valence-corrected chi connectivity index (χ4v) is 3.63. The van der Waals surface area contributed by atoms with Crippen LogP contribution in [0.25, 0.3) is 0 Å². The molecule has 2 aliphatic rings. The Hall–Kier alpha value is -2.77. The lowest BCUT2D eigenvalue weighted by Crippen LogP contribution is -2.50. The smallest absolute Gasteiger partial charge is 0.234 e. The second kappa shape index (κ2) is 8.93. The van der Waals surface area contributed by atoms with Gasteiger partial charge in [0.25, 0.3) is 0 Å². The molecule has 7 heteroatoms. The van der Waals surface area contributed by atoms with Crippen molar-refractivity contribution in [2.45, 2.75) is 31.9 Å². The minimum Gasteiger partial charge on any atom is -0.491 e. The van der Waals surface area contributed by atoms with Gasteiger partial charge in [0.2, 0.25) is 12.7 Å². The van der Waals surface area contributed by atoms with Gasteiger partial charge in [-0.3, -0.25) is 9.69 Å². The molecule has 0 bridgehead atoms. The van der Waals surface area contributed by atoms with Crippen LogP contribution in [0.3, 0.4) is 0 Å². The van der Waals surface area contributed by atoms with E-state index in [9.17, 15) is 9.90 Å². The van der Waals surface area contributed by atoms with Crippen molar-refractivity contribution in [1.82, 2.24) is 10.2 Å². The third-order valence-electron chi connectivity index (χ3n) is 5.61. The van der Waals surface area contributed by atoms with Crippen LogP contribution in [0.5, 0.6) is 17.2 Å². The molecule has 2 N–H and O–H groups in total. The first-order chi connectivity index (χ1) is 14.5. The van der Waals surface area contributed by atoms with E-state index in [-0.39, 0.29) is 19.3 Å². The topological polar surface area (TPSA) is 80.3 Å². The molecule has 1 amide bonds. The van der Waals surface area contributed by atoms with Gasteiger partial charge in [-0.25, -0.2) is 0 Å². The highest BCUT2D eigenvalue weighted by Gasteiger charge is 2.33. The van der Waals surface area contributed by atoms with Crippen LogP contribution >= 0.6 is 0 Å². The second-order valence-electron chi connectivity index (χ2n) is 8.07. The van der Waals surface area contributed by atoms with E-state index < -0.39 is 5.60 Å². The van der Waals surface area contributed by atoms with Crippen molar-refractivity contribution in [1.29, 1.82) is 0 Å². The van der Waals surface area contributed by atoms with Crippen molar-refractivity contribution in [3.63, 3.8) is 0 Å². The highest BCUT2D eigenvalue weighted by atomic mass is 16.7. The molecule has 4 rings (SSSR count). The maximum atomic E-state index is 12.3. The van der Waals surface area contributed by atoms with Gasteiger partial charge in [-0.1, -0.05) is 23.8 Å². The van der Waals surface area contributed by atoms with Crippen molar-refractivity contribution >= 4 is 5.91 Å². The van der Waals surface area contributed by atoms with Crippen molar-refractivity contribution in [3.8, 4) is 17.2 Å². The average Bonchev–Trinajstić information content (AvgIpc) is 3.22. The zero-order chi connectivity index (χ0) is 21.0. The molecule has 0 aliphatic carbocycles. The third-order valence-corrected chi connectivity index (χ3v) is 5.61. The van der Waals surface area contributed by atoms with E-state index in [1.165, 1.54) is 5.56 Å². The van der Waals surface area contributed by atoms with Crippen LogP contribution in [-0.4, -0.2) is 54.5 Å². The van der Waals surface area contributed by atoms with Crippen LogP contribution in [0, 0.1) is 6.92 Å². The maximum Gasteiger partial charge on any atom is 0.234 e. The standard InChI is InChI=1S/C23H28N2O5/c1-17-2-5-19(6-3-17)28-15-23(27)8-10-25(11-9-23)14-22(26)24-13-18-4-7-20-21(12-18)30-16-29-20/h2-7,12,27H,8-11,13-16H2,1H3,(H,24,26). The van der Waals surface area contributed by atoms with E-state index in [1.54, 1.807) is 0 Å². The van der Waals surface area contributed by atoms with Crippen LogP contribution in [0.2, 0.25) is 0 Å². The molecule has 7 nitrogen and oxygen atoms in total. The SMILES string of the molecule is Cc1ccc(OCC2(O)CCN(CC(=O)NCc3ccc4c(c3)OCO4)CC2)cc1. The maximum absolute atomic E-state index is 12.3. The lowest BCUT2D eigenvalue weighted by Gasteiger charge is -2.37. The van der Waals surface area contributed by atoms with Gasteiger partial charge in [0.15, 0.2) is 11.5 Å². The Morgan fingerprint density at radius 2 is 1.87 bits per heavy atom. The molecular formula is C23H28N2O5. The molecule has 1 fully saturated rings. The fourth-order valence-electron chi connectivity index (χ4n) is 3.63. The summed E-state index contributed by atoms with van der Waals surface area (Å²) >= 11 is 0. The first-order valence-electron chi connectivity index (χ1n) is 10.3. The zero-order valence-electron chi connectivity index (χ0n) is 17.2. The Balaban J connectivity index is 1.18. The molecule has 2 aromatic carbocycles. The Morgan fingerprint density at radius 3 is 2.63 bits per heavy atom. The number of aryl methyl sites for hydroxylation is 1. The summed E-state index contributed by atoms with van der Waals surface area (Å²) in [4.78, 5) is 14.4. The molecule has 0 atom stereocenters. The van der Waals surface area contributed by atoms with Crippen molar-refractivity contribution in [3.05, 3.63) is 53.6 Å². The van der Waals surface area contributed by atoms with Crippen LogP contribution in [0.4, 0.5) is 0 Å². The highest BCUT2D eigenvalue weighted by molar-refractivity contribution is 5.78. The van der Waals surface area contributed by atoms with E-state index in [0.29, 0.717) is 44.8 Å². The summed E-state index contributed by atoms with van der Waals surface area (Å²) in [5.74, 6) is 2.18. The normalized spacial score (nSPS) is 17.5. The fraction of sp³-hybridized carbons (Fsp3) is 0.435. The summed E-state index contributed by atoms with van der Waals surface area (Å²) in [6, 6.07) is 13.5. The van der Waals surface area contributed by atoms with Gasteiger partial charge in [0.1, 0.15) is 18.0 Å². The van der Waals surface area contributed by atoms with Gasteiger partial charge in [-0.05, 0) is 49.6 Å². The number of likely N-dealkylation sites (tertiary alicyclic amines) is 1. The van der Waals surface area contributed by atoms with E-state index in [1.807, 2.05) is 49.4 Å². The van der Waals surface area contributed by atoms with Crippen molar-refractivity contribution in [2.75, 3.05) is 33.0 Å². The number of amides is 1. The monoisotopic (exact) mass is 412 g/mol. The zero-order valence-corrected chi connectivity index (χ0v) is 17.2. The van der Waals surface area contributed by atoms with Crippen LogP contribution in [0.15, 0.2) is 42.5 Å². The third kappa shape index (κ3) is 5.23. The highest BCUT2D eigenvalue weighted by Crippen LogP contribution is 2.32. The molecule has 160 valence electrons. The summed E-state index contributed by atoms with van der Waals surface area (Å²) in [5.41, 5.74) is 1.28. The quantitative estimate of drug-likeness (QED) is 0.726. The molecule has 2 heterocycles. The minimum absolute atomic E-state index is 0.0333. The molecule has 2 aromatic rings. The van der Waals surface area contributed by atoms with Gasteiger partial charge in [0.05, 0.1) is 6.54 Å². The van der Waals surface area contributed by atoms with Gasteiger partial charge < -0.3 is 24.6 Å². The molecule has 30 heavy (non-hydrogen) atoms. The Morgan fingerprint density at radius 1 is 1.13 bits per heavy atom. The summed E-state index contributed by atoms with van der Waals surface area (Å²) in [5, 5.41) is 13.7. The average molecular weight is 412 g/mol. The van der Waals surface area contributed by atoms with Crippen molar-refractivity contribution in [2.24, 2.45) is 0 Å². The van der Waals surface area contributed by atoms with E-state index >= 15 is 0 Å². The molecule has 0 saturated carbocycles. The predicted octanol–water partition coefficient (Wildman–Crippen LogP) is 2.25.